The Bertz CT molecular complexity index is 1130. The molecule has 3 heterocycles. The topological polar surface area (TPSA) is 104 Å². The van der Waals surface area contributed by atoms with Crippen LogP contribution >= 0.6 is 0 Å². The van der Waals surface area contributed by atoms with Crippen LogP contribution in [0.4, 0.5) is 0 Å². The second kappa shape index (κ2) is 9.08. The number of esters is 1. The van der Waals surface area contributed by atoms with Crippen molar-refractivity contribution in [1.29, 1.82) is 5.26 Å². The van der Waals surface area contributed by atoms with Crippen molar-refractivity contribution in [2.75, 3.05) is 19.7 Å². The lowest BCUT2D eigenvalue weighted by Crippen LogP contribution is -2.29. The minimum Gasteiger partial charge on any atom is -0.457 e. The molecule has 1 N–H and O–H groups in total. The Labute approximate surface area is 180 Å². The number of pyridine rings is 1. The molecule has 1 aromatic carbocycles. The van der Waals surface area contributed by atoms with Gasteiger partial charge in [0.2, 0.25) is 0 Å². The molecule has 0 saturated heterocycles. The van der Waals surface area contributed by atoms with Crippen molar-refractivity contribution < 1.29 is 14.6 Å². The molecule has 158 valence electrons. The summed E-state index contributed by atoms with van der Waals surface area (Å²) < 4.78 is 6.85. The van der Waals surface area contributed by atoms with E-state index in [0.717, 1.165) is 29.7 Å². The molecule has 31 heavy (non-hydrogen) atoms. The zero-order chi connectivity index (χ0) is 21.8. The molecule has 0 saturated carbocycles. The molecule has 0 amide bonds. The number of aromatic nitrogens is 3. The number of carbonyl (C=O) groups excluding carboxylic acids is 1. The number of aliphatic hydroxyl groups is 1. The Morgan fingerprint density at radius 2 is 2.13 bits per heavy atom. The summed E-state index contributed by atoms with van der Waals surface area (Å²) in [7, 11) is 0. The molecule has 4 rings (SSSR count). The molecular formula is C23H23N5O3. The van der Waals surface area contributed by atoms with Crippen LogP contribution in [0.1, 0.15) is 38.3 Å². The lowest BCUT2D eigenvalue weighted by atomic mass is 9.96. The van der Waals surface area contributed by atoms with Gasteiger partial charge in [-0.15, -0.1) is 0 Å². The number of imidazole rings is 1. The molecular weight excluding hydrogens is 394 g/mol. The van der Waals surface area contributed by atoms with Crippen molar-refractivity contribution >= 4 is 5.97 Å². The minimum atomic E-state index is -0.248. The molecule has 0 radical (unpaired) electrons. The second-order valence-corrected chi connectivity index (χ2v) is 7.50. The smallest absolute Gasteiger partial charge is 0.338 e. The van der Waals surface area contributed by atoms with Crippen LogP contribution in [0.15, 0.2) is 43.0 Å². The number of cyclic esters (lactones) is 1. The highest BCUT2D eigenvalue weighted by Crippen LogP contribution is 2.26. The first kappa shape index (κ1) is 20.7. The van der Waals surface area contributed by atoms with E-state index < -0.39 is 0 Å². The molecule has 1 aliphatic heterocycles. The van der Waals surface area contributed by atoms with Crippen molar-refractivity contribution in [2.45, 2.75) is 26.5 Å². The van der Waals surface area contributed by atoms with Gasteiger partial charge in [-0.25, -0.2) is 14.8 Å². The summed E-state index contributed by atoms with van der Waals surface area (Å²) in [4.78, 5) is 22.4. The van der Waals surface area contributed by atoms with Crippen LogP contribution in [0.5, 0.6) is 0 Å². The number of nitrogens with zero attached hydrogens (tertiary/aromatic N) is 5. The van der Waals surface area contributed by atoms with Gasteiger partial charge in [0, 0.05) is 37.6 Å². The summed E-state index contributed by atoms with van der Waals surface area (Å²) >= 11 is 0. The zero-order valence-corrected chi connectivity index (χ0v) is 17.3. The van der Waals surface area contributed by atoms with E-state index in [1.54, 1.807) is 23.3 Å². The van der Waals surface area contributed by atoms with Crippen molar-refractivity contribution in [2.24, 2.45) is 0 Å². The Kier molecular flexibility index (Phi) is 6.07. The number of aliphatic hydroxyl groups excluding tert-OH is 1. The predicted octanol–water partition coefficient (Wildman–Crippen LogP) is 2.15. The summed E-state index contributed by atoms with van der Waals surface area (Å²) in [6.45, 7) is 4.43. The molecule has 8 heteroatoms. The Hall–Kier alpha value is -3.54. The Morgan fingerprint density at radius 3 is 2.84 bits per heavy atom. The van der Waals surface area contributed by atoms with Crippen LogP contribution in [0.3, 0.4) is 0 Å². The van der Waals surface area contributed by atoms with E-state index in [0.29, 0.717) is 36.8 Å². The highest BCUT2D eigenvalue weighted by Gasteiger charge is 2.23. The van der Waals surface area contributed by atoms with Crippen molar-refractivity contribution in [3.05, 3.63) is 76.5 Å². The number of nitriles is 1. The average Bonchev–Trinajstić information content (AvgIpc) is 3.41. The summed E-state index contributed by atoms with van der Waals surface area (Å²) in [5, 5.41) is 18.4. The fourth-order valence-electron chi connectivity index (χ4n) is 3.79. The van der Waals surface area contributed by atoms with E-state index >= 15 is 0 Å². The number of benzene rings is 1. The largest absolute Gasteiger partial charge is 0.457 e. The monoisotopic (exact) mass is 417 g/mol. The van der Waals surface area contributed by atoms with Gasteiger partial charge in [-0.1, -0.05) is 12.1 Å². The summed E-state index contributed by atoms with van der Waals surface area (Å²) in [5.74, 6) is 0.444. The third kappa shape index (κ3) is 4.48. The molecule has 0 unspecified atom stereocenters. The van der Waals surface area contributed by atoms with Gasteiger partial charge in [-0.2, -0.15) is 5.26 Å². The number of rotatable bonds is 8. The lowest BCUT2D eigenvalue weighted by Gasteiger charge is -2.22. The summed E-state index contributed by atoms with van der Waals surface area (Å²) in [5.41, 5.74) is 5.31. The fourth-order valence-corrected chi connectivity index (χ4v) is 3.79. The normalized spacial score (nSPS) is 12.6. The van der Waals surface area contributed by atoms with E-state index in [2.05, 4.69) is 14.9 Å². The molecule has 8 nitrogen and oxygen atoms in total. The van der Waals surface area contributed by atoms with E-state index in [-0.39, 0.29) is 12.6 Å². The van der Waals surface area contributed by atoms with E-state index in [1.165, 1.54) is 5.56 Å². The van der Waals surface area contributed by atoms with Crippen molar-refractivity contribution in [3.8, 4) is 11.9 Å². The Morgan fingerprint density at radius 1 is 1.26 bits per heavy atom. The predicted molar refractivity (Wildman–Crippen MR) is 112 cm³/mol. The highest BCUT2D eigenvalue weighted by atomic mass is 16.5. The molecule has 0 fully saturated rings. The fraction of sp³-hybridized carbons (Fsp3) is 0.304. The molecule has 0 aliphatic carbocycles. The first-order valence-electron chi connectivity index (χ1n) is 10.1. The third-order valence-electron chi connectivity index (χ3n) is 5.57. The van der Waals surface area contributed by atoms with Crippen LogP contribution in [0, 0.1) is 18.3 Å². The lowest BCUT2D eigenvalue weighted by molar-refractivity contribution is 0.0535. The van der Waals surface area contributed by atoms with E-state index in [1.807, 2.05) is 37.3 Å². The number of ether oxygens (including phenoxy) is 1. The molecule has 1 aliphatic rings. The van der Waals surface area contributed by atoms with Crippen molar-refractivity contribution in [1.82, 2.24) is 19.4 Å². The van der Waals surface area contributed by atoms with Gasteiger partial charge in [-0.05, 0) is 42.2 Å². The number of hydrogen-bond donors (Lipinski definition) is 1. The van der Waals surface area contributed by atoms with Crippen LogP contribution in [-0.2, 0) is 24.3 Å². The maximum absolute atomic E-state index is 11.7. The van der Waals surface area contributed by atoms with Crippen LogP contribution in [-0.4, -0.2) is 50.2 Å². The van der Waals surface area contributed by atoms with Gasteiger partial charge in [-0.3, -0.25) is 9.47 Å². The number of carbonyl (C=O) groups is 1. The first-order valence-corrected chi connectivity index (χ1v) is 10.1. The van der Waals surface area contributed by atoms with Gasteiger partial charge in [0.1, 0.15) is 24.8 Å². The van der Waals surface area contributed by atoms with E-state index in [9.17, 15) is 9.90 Å². The summed E-state index contributed by atoms with van der Waals surface area (Å²) in [6.07, 6.45) is 5.81. The average molecular weight is 417 g/mol. The molecule has 0 atom stereocenters. The molecule has 3 aromatic rings. The number of fused-ring (bicyclic) bond motifs is 1. The maximum Gasteiger partial charge on any atom is 0.338 e. The summed E-state index contributed by atoms with van der Waals surface area (Å²) in [6, 6.07) is 9.72. The highest BCUT2D eigenvalue weighted by molar-refractivity contribution is 5.93. The molecule has 0 bridgehead atoms. The second-order valence-electron chi connectivity index (χ2n) is 7.50. The van der Waals surface area contributed by atoms with Crippen LogP contribution in [0.2, 0.25) is 0 Å². The van der Waals surface area contributed by atoms with Gasteiger partial charge in [0.25, 0.3) is 0 Å². The quantitative estimate of drug-likeness (QED) is 0.560. The van der Waals surface area contributed by atoms with Gasteiger partial charge in [0.05, 0.1) is 12.2 Å². The third-order valence-corrected chi connectivity index (χ3v) is 5.57. The minimum absolute atomic E-state index is 0.0724. The maximum atomic E-state index is 11.7. The molecule has 0 spiro atoms. The van der Waals surface area contributed by atoms with E-state index in [4.69, 9.17) is 10.00 Å². The number of hydrogen-bond acceptors (Lipinski definition) is 7. The van der Waals surface area contributed by atoms with Crippen LogP contribution in [0.25, 0.3) is 5.82 Å². The Balaban J connectivity index is 1.41. The zero-order valence-electron chi connectivity index (χ0n) is 17.3. The van der Waals surface area contributed by atoms with Gasteiger partial charge < -0.3 is 9.84 Å². The van der Waals surface area contributed by atoms with Crippen molar-refractivity contribution in [3.63, 3.8) is 0 Å². The van der Waals surface area contributed by atoms with Gasteiger partial charge in [0.15, 0.2) is 5.69 Å². The van der Waals surface area contributed by atoms with Crippen LogP contribution < -0.4 is 0 Å². The first-order chi connectivity index (χ1) is 15.1. The molecule has 2 aromatic heterocycles. The standard InChI is InChI=1S/C23H23N5O3/c1-16-18(3-4-20-21(16)14-31-23(20)30)6-7-27(8-9-29)12-17-2-5-22(25-11-17)28-13-19(10-24)26-15-28/h2-5,11,13,15,29H,6-9,12,14H2,1H3. The van der Waals surface area contributed by atoms with Gasteiger partial charge >= 0.3 is 5.97 Å². The SMILES string of the molecule is Cc1c(CCN(CCO)Cc2ccc(-n3cnc(C#N)c3)nc2)ccc2c1COC2=O.